The predicted octanol–water partition coefficient (Wildman–Crippen LogP) is 3.09. The highest BCUT2D eigenvalue weighted by atomic mass is 79.9. The molecule has 3 N–H and O–H groups in total. The van der Waals surface area contributed by atoms with E-state index in [1.807, 2.05) is 30.3 Å². The first kappa shape index (κ1) is 23.3. The molecule has 10 heteroatoms. The van der Waals surface area contributed by atoms with E-state index in [0.29, 0.717) is 17.2 Å². The first-order valence-corrected chi connectivity index (χ1v) is 10.6. The van der Waals surface area contributed by atoms with E-state index in [9.17, 15) is 9.59 Å². The number of amides is 2. The van der Waals surface area contributed by atoms with Crippen LogP contribution in [0.3, 0.4) is 0 Å². The van der Waals surface area contributed by atoms with Gasteiger partial charge in [-0.2, -0.15) is 0 Å². The van der Waals surface area contributed by atoms with Crippen molar-refractivity contribution < 1.29 is 23.8 Å². The van der Waals surface area contributed by atoms with Crippen molar-refractivity contribution in [3.05, 3.63) is 65.1 Å². The Morgan fingerprint density at radius 1 is 0.875 bits per heavy atom. The van der Waals surface area contributed by atoms with Gasteiger partial charge in [0.1, 0.15) is 17.2 Å². The van der Waals surface area contributed by atoms with Gasteiger partial charge in [-0.15, -0.1) is 0 Å². The molecule has 0 aliphatic heterocycles. The summed E-state index contributed by atoms with van der Waals surface area (Å²) < 4.78 is 16.7. The van der Waals surface area contributed by atoms with E-state index in [1.54, 1.807) is 37.4 Å². The molecule has 8 nitrogen and oxygen atoms in total. The smallest absolute Gasteiger partial charge is 0.276 e. The van der Waals surface area contributed by atoms with Crippen molar-refractivity contribution in [1.82, 2.24) is 16.2 Å². The van der Waals surface area contributed by atoms with Crippen LogP contribution < -0.4 is 30.4 Å². The number of hydrogen-bond acceptors (Lipinski definition) is 6. The molecule has 0 radical (unpaired) electrons. The molecule has 0 unspecified atom stereocenters. The fourth-order valence-corrected chi connectivity index (χ4v) is 3.42. The quantitative estimate of drug-likeness (QED) is 0.327. The summed E-state index contributed by atoms with van der Waals surface area (Å²) in [5.74, 6) is 0.761. The van der Waals surface area contributed by atoms with E-state index >= 15 is 0 Å². The maximum Gasteiger partial charge on any atom is 0.276 e. The summed E-state index contributed by atoms with van der Waals surface area (Å²) in [5, 5.41) is 4.37. The normalized spacial score (nSPS) is 10.2. The van der Waals surface area contributed by atoms with Crippen LogP contribution in [-0.4, -0.2) is 37.3 Å². The zero-order valence-electron chi connectivity index (χ0n) is 17.0. The van der Waals surface area contributed by atoms with Gasteiger partial charge in [-0.1, -0.05) is 30.3 Å². The van der Waals surface area contributed by atoms with Crippen LogP contribution in [0.25, 0.3) is 10.8 Å². The van der Waals surface area contributed by atoms with Crippen molar-refractivity contribution in [3.63, 3.8) is 0 Å². The van der Waals surface area contributed by atoms with E-state index in [1.165, 1.54) is 0 Å². The van der Waals surface area contributed by atoms with Gasteiger partial charge in [0.05, 0.1) is 11.6 Å². The molecule has 3 rings (SSSR count). The number of nitrogens with one attached hydrogen (secondary N) is 3. The van der Waals surface area contributed by atoms with Crippen LogP contribution in [0.2, 0.25) is 0 Å². The Hall–Kier alpha value is -3.37. The van der Waals surface area contributed by atoms with Gasteiger partial charge >= 0.3 is 0 Å². The maximum absolute atomic E-state index is 12.1. The molecule has 0 atom stereocenters. The lowest BCUT2D eigenvalue weighted by Gasteiger charge is -2.13. The summed E-state index contributed by atoms with van der Waals surface area (Å²) in [6.07, 6.45) is 0. The first-order valence-electron chi connectivity index (χ1n) is 9.42. The molecule has 0 saturated heterocycles. The summed E-state index contributed by atoms with van der Waals surface area (Å²) in [6, 6.07) is 18.3. The standard InChI is InChI=1S/C22H20BrN3O5S/c1-29-15-7-9-16(10-8-15)30-13-20(28)25-26-22(32)24-19(27)12-31-18-11-6-14-4-2-3-5-17(14)21(18)23/h2-11H,12-13H2,1H3,(H,25,28)(H2,24,26,27,32). The topological polar surface area (TPSA) is 97.9 Å². The fourth-order valence-electron chi connectivity index (χ4n) is 2.65. The van der Waals surface area contributed by atoms with Crippen molar-refractivity contribution in [2.75, 3.05) is 20.3 Å². The lowest BCUT2D eigenvalue weighted by atomic mass is 10.1. The van der Waals surface area contributed by atoms with E-state index < -0.39 is 11.8 Å². The minimum absolute atomic E-state index is 0.0750. The summed E-state index contributed by atoms with van der Waals surface area (Å²) in [4.78, 5) is 23.9. The van der Waals surface area contributed by atoms with Crippen LogP contribution >= 0.6 is 28.1 Å². The Morgan fingerprint density at radius 2 is 1.56 bits per heavy atom. The van der Waals surface area contributed by atoms with Crippen molar-refractivity contribution in [3.8, 4) is 17.2 Å². The molecule has 0 spiro atoms. The third-order valence-electron chi connectivity index (χ3n) is 4.18. The second-order valence-corrected chi connectivity index (χ2v) is 7.60. The second-order valence-electron chi connectivity index (χ2n) is 6.40. The summed E-state index contributed by atoms with van der Waals surface area (Å²) in [5.41, 5.74) is 4.78. The number of hydrogen-bond donors (Lipinski definition) is 3. The van der Waals surface area contributed by atoms with E-state index in [0.717, 1.165) is 15.2 Å². The Kier molecular flexibility index (Phi) is 8.23. The molecule has 0 heterocycles. The number of carbonyl (C=O) groups excluding carboxylic acids is 2. The number of fused-ring (bicyclic) bond motifs is 1. The van der Waals surface area contributed by atoms with Crippen LogP contribution in [0.5, 0.6) is 17.2 Å². The molecule has 0 fully saturated rings. The molecule has 0 bridgehead atoms. The number of rotatable bonds is 7. The minimum Gasteiger partial charge on any atom is -0.497 e. The van der Waals surface area contributed by atoms with Gasteiger partial charge in [0, 0.05) is 0 Å². The van der Waals surface area contributed by atoms with Crippen molar-refractivity contribution >= 4 is 55.8 Å². The SMILES string of the molecule is COc1ccc(OCC(=O)NNC(=S)NC(=O)COc2ccc3ccccc3c2Br)cc1. The van der Waals surface area contributed by atoms with Crippen molar-refractivity contribution in [2.24, 2.45) is 0 Å². The number of carbonyl (C=O) groups is 2. The van der Waals surface area contributed by atoms with Gasteiger partial charge in [-0.3, -0.25) is 25.8 Å². The maximum atomic E-state index is 12.1. The predicted molar refractivity (Wildman–Crippen MR) is 128 cm³/mol. The molecular formula is C22H20BrN3O5S. The third kappa shape index (κ3) is 6.56. The number of halogens is 1. The van der Waals surface area contributed by atoms with Gasteiger partial charge in [0.15, 0.2) is 18.3 Å². The Balaban J connectivity index is 1.38. The van der Waals surface area contributed by atoms with Crippen LogP contribution in [0.15, 0.2) is 65.1 Å². The average Bonchev–Trinajstić information content (AvgIpc) is 2.81. The van der Waals surface area contributed by atoms with Gasteiger partial charge in [0.25, 0.3) is 11.8 Å². The summed E-state index contributed by atoms with van der Waals surface area (Å²) in [7, 11) is 1.56. The highest BCUT2D eigenvalue weighted by Gasteiger charge is 2.10. The number of ether oxygens (including phenoxy) is 3. The van der Waals surface area contributed by atoms with Crippen molar-refractivity contribution in [1.29, 1.82) is 0 Å². The van der Waals surface area contributed by atoms with Gasteiger partial charge < -0.3 is 14.2 Å². The average molecular weight is 518 g/mol. The van der Waals surface area contributed by atoms with Gasteiger partial charge in [-0.05, 0) is 69.3 Å². The monoisotopic (exact) mass is 517 g/mol. The van der Waals surface area contributed by atoms with Gasteiger partial charge in [-0.25, -0.2) is 0 Å². The highest BCUT2D eigenvalue weighted by molar-refractivity contribution is 9.10. The van der Waals surface area contributed by atoms with Crippen LogP contribution in [0.1, 0.15) is 0 Å². The third-order valence-corrected chi connectivity index (χ3v) is 5.21. The van der Waals surface area contributed by atoms with E-state index in [4.69, 9.17) is 26.4 Å². The Bertz CT molecular complexity index is 1120. The Labute approximate surface area is 198 Å². The molecule has 166 valence electrons. The first-order chi connectivity index (χ1) is 15.5. The molecule has 0 aromatic heterocycles. The molecule has 32 heavy (non-hydrogen) atoms. The number of methoxy groups -OCH3 is 1. The second kappa shape index (κ2) is 11.3. The number of hydrazine groups is 1. The summed E-state index contributed by atoms with van der Waals surface area (Å²) >= 11 is 8.50. The molecule has 3 aromatic carbocycles. The molecule has 2 amide bonds. The van der Waals surface area contributed by atoms with E-state index in [-0.39, 0.29) is 18.3 Å². The molecule has 0 saturated carbocycles. The molecule has 0 aliphatic carbocycles. The summed E-state index contributed by atoms with van der Waals surface area (Å²) in [6.45, 7) is -0.498. The lowest BCUT2D eigenvalue weighted by molar-refractivity contribution is -0.124. The van der Waals surface area contributed by atoms with Crippen molar-refractivity contribution in [2.45, 2.75) is 0 Å². The van der Waals surface area contributed by atoms with Crippen LogP contribution in [0.4, 0.5) is 0 Å². The van der Waals surface area contributed by atoms with Gasteiger partial charge in [0.2, 0.25) is 0 Å². The highest BCUT2D eigenvalue weighted by Crippen LogP contribution is 2.32. The Morgan fingerprint density at radius 3 is 2.31 bits per heavy atom. The van der Waals surface area contributed by atoms with E-state index in [2.05, 4.69) is 32.1 Å². The van der Waals surface area contributed by atoms with Crippen LogP contribution in [0, 0.1) is 0 Å². The number of benzene rings is 3. The minimum atomic E-state index is -0.480. The largest absolute Gasteiger partial charge is 0.497 e. The van der Waals surface area contributed by atoms with Crippen LogP contribution in [-0.2, 0) is 9.59 Å². The molecule has 3 aromatic rings. The molecular weight excluding hydrogens is 498 g/mol. The zero-order valence-corrected chi connectivity index (χ0v) is 19.4. The molecule has 0 aliphatic rings. The fraction of sp³-hybridized carbons (Fsp3) is 0.136. The number of thiocarbonyl (C=S) groups is 1. The lowest BCUT2D eigenvalue weighted by Crippen LogP contribution is -2.50. The zero-order chi connectivity index (χ0) is 22.9.